The molecule has 2 aromatic rings. The zero-order valence-electron chi connectivity index (χ0n) is 10.5. The second kappa shape index (κ2) is 5.63. The quantitative estimate of drug-likeness (QED) is 0.895. The van der Waals surface area contributed by atoms with Crippen LogP contribution in [0.25, 0.3) is 0 Å². The van der Waals surface area contributed by atoms with Crippen molar-refractivity contribution in [2.24, 2.45) is 0 Å². The van der Waals surface area contributed by atoms with E-state index in [2.05, 4.69) is 21.2 Å². The first-order chi connectivity index (χ1) is 9.01. The van der Waals surface area contributed by atoms with Gasteiger partial charge in [-0.25, -0.2) is 0 Å². The molecule has 0 saturated heterocycles. The lowest BCUT2D eigenvalue weighted by Crippen LogP contribution is -2.10. The predicted molar refractivity (Wildman–Crippen MR) is 82.1 cm³/mol. The van der Waals surface area contributed by atoms with Gasteiger partial charge in [0.2, 0.25) is 0 Å². The van der Waals surface area contributed by atoms with Gasteiger partial charge in [0.15, 0.2) is 0 Å². The first kappa shape index (κ1) is 13.9. The van der Waals surface area contributed by atoms with E-state index in [-0.39, 0.29) is 5.91 Å². The van der Waals surface area contributed by atoms with Crippen molar-refractivity contribution in [1.29, 1.82) is 0 Å². The number of carbonyl (C=O) groups is 1. The number of amides is 1. The number of aryl methyl sites for hydroxylation is 1. The summed E-state index contributed by atoms with van der Waals surface area (Å²) in [6.07, 6.45) is 0. The van der Waals surface area contributed by atoms with Crippen molar-refractivity contribution in [3.63, 3.8) is 0 Å². The van der Waals surface area contributed by atoms with Gasteiger partial charge in [0.05, 0.1) is 17.7 Å². The summed E-state index contributed by atoms with van der Waals surface area (Å²) in [6, 6.07) is 7.07. The highest BCUT2D eigenvalue weighted by molar-refractivity contribution is 9.10. The number of nitrogens with one attached hydrogen (secondary N) is 1. The highest BCUT2D eigenvalue weighted by Gasteiger charge is 2.13. The number of thiophene rings is 1. The van der Waals surface area contributed by atoms with Crippen molar-refractivity contribution >= 4 is 44.5 Å². The maximum absolute atomic E-state index is 12.1. The molecule has 0 aliphatic heterocycles. The minimum atomic E-state index is -0.182. The zero-order chi connectivity index (χ0) is 14.0. The molecule has 3 N–H and O–H groups in total. The Labute approximate surface area is 123 Å². The fraction of sp³-hybridized carbons (Fsp3) is 0.154. The average molecular weight is 341 g/mol. The molecule has 0 bridgehead atoms. The highest BCUT2D eigenvalue weighted by Crippen LogP contribution is 2.29. The third kappa shape index (κ3) is 3.08. The Balaban J connectivity index is 2.23. The monoisotopic (exact) mass is 340 g/mol. The number of hydrogen-bond acceptors (Lipinski definition) is 4. The molecule has 0 unspecified atom stereocenters. The van der Waals surface area contributed by atoms with Crippen LogP contribution in [0.1, 0.15) is 14.5 Å². The van der Waals surface area contributed by atoms with Crippen LogP contribution >= 0.6 is 27.3 Å². The molecular formula is C13H13BrN2O2S. The Morgan fingerprint density at radius 1 is 1.42 bits per heavy atom. The first-order valence-corrected chi connectivity index (χ1v) is 7.13. The van der Waals surface area contributed by atoms with Crippen LogP contribution in [-0.2, 0) is 0 Å². The summed E-state index contributed by atoms with van der Waals surface area (Å²) < 4.78 is 5.93. The molecule has 100 valence electrons. The van der Waals surface area contributed by atoms with Gasteiger partial charge < -0.3 is 15.8 Å². The summed E-state index contributed by atoms with van der Waals surface area (Å²) in [5.74, 6) is 0.499. The van der Waals surface area contributed by atoms with Crippen molar-refractivity contribution in [1.82, 2.24) is 0 Å². The van der Waals surface area contributed by atoms with Crippen LogP contribution in [0, 0.1) is 6.92 Å². The molecule has 4 nitrogen and oxygen atoms in total. The molecule has 1 aromatic heterocycles. The molecule has 0 radical (unpaired) electrons. The molecular weight excluding hydrogens is 328 g/mol. The molecule has 0 aliphatic carbocycles. The largest absolute Gasteiger partial charge is 0.497 e. The van der Waals surface area contributed by atoms with Crippen LogP contribution in [0.4, 0.5) is 11.4 Å². The van der Waals surface area contributed by atoms with Gasteiger partial charge in [-0.2, -0.15) is 0 Å². The van der Waals surface area contributed by atoms with Crippen molar-refractivity contribution in [2.45, 2.75) is 6.92 Å². The Bertz CT molecular complexity index is 606. The molecule has 1 amide bonds. The molecule has 0 aliphatic rings. The fourth-order valence-corrected chi connectivity index (χ4v) is 2.70. The van der Waals surface area contributed by atoms with Gasteiger partial charge in [-0.1, -0.05) is 0 Å². The smallest absolute Gasteiger partial charge is 0.265 e. The van der Waals surface area contributed by atoms with Gasteiger partial charge in [0, 0.05) is 21.1 Å². The third-order valence-corrected chi connectivity index (χ3v) is 4.36. The second-order valence-corrected chi connectivity index (χ2v) is 6.03. The van der Waals surface area contributed by atoms with E-state index < -0.39 is 0 Å². The highest BCUT2D eigenvalue weighted by atomic mass is 79.9. The fourth-order valence-electron chi connectivity index (χ4n) is 1.52. The molecule has 19 heavy (non-hydrogen) atoms. The average Bonchev–Trinajstić information content (AvgIpc) is 2.72. The summed E-state index contributed by atoms with van der Waals surface area (Å²) in [6.45, 7) is 1.89. The normalized spacial score (nSPS) is 10.3. The number of methoxy groups -OCH3 is 1. The lowest BCUT2D eigenvalue weighted by Gasteiger charge is -2.08. The van der Waals surface area contributed by atoms with Gasteiger partial charge in [-0.3, -0.25) is 4.79 Å². The number of benzene rings is 1. The molecule has 2 rings (SSSR count). The van der Waals surface area contributed by atoms with Crippen LogP contribution < -0.4 is 15.8 Å². The standard InChI is InChI=1S/C13H13BrN2O2S/c1-7-10(15)6-12(19-7)13(17)16-11-5-8(18-2)3-4-9(11)14/h3-6H,15H2,1-2H3,(H,16,17). The Hall–Kier alpha value is -1.53. The maximum atomic E-state index is 12.1. The van der Waals surface area contributed by atoms with Crippen LogP contribution in [0.3, 0.4) is 0 Å². The van der Waals surface area contributed by atoms with E-state index in [4.69, 9.17) is 10.5 Å². The number of halogens is 1. The zero-order valence-corrected chi connectivity index (χ0v) is 12.9. The molecule has 1 aromatic carbocycles. The second-order valence-electron chi connectivity index (χ2n) is 3.92. The SMILES string of the molecule is COc1ccc(Br)c(NC(=O)c2cc(N)c(C)s2)c1. The van der Waals surface area contributed by atoms with Crippen LogP contribution in [0.2, 0.25) is 0 Å². The molecule has 0 spiro atoms. The minimum absolute atomic E-state index is 0.182. The van der Waals surface area contributed by atoms with Crippen molar-refractivity contribution in [3.8, 4) is 5.75 Å². The van der Waals surface area contributed by atoms with Crippen LogP contribution in [0.5, 0.6) is 5.75 Å². The number of rotatable bonds is 3. The van der Waals surface area contributed by atoms with Gasteiger partial charge in [0.25, 0.3) is 5.91 Å². The van der Waals surface area contributed by atoms with Gasteiger partial charge in [-0.15, -0.1) is 11.3 Å². The van der Waals surface area contributed by atoms with Crippen molar-refractivity contribution < 1.29 is 9.53 Å². The predicted octanol–water partition coefficient (Wildman–Crippen LogP) is 3.66. The van der Waals surface area contributed by atoms with E-state index in [1.807, 2.05) is 19.1 Å². The Morgan fingerprint density at radius 3 is 2.74 bits per heavy atom. The minimum Gasteiger partial charge on any atom is -0.497 e. The molecule has 0 atom stereocenters. The summed E-state index contributed by atoms with van der Waals surface area (Å²) in [4.78, 5) is 13.6. The van der Waals surface area contributed by atoms with E-state index in [0.717, 1.165) is 9.35 Å². The first-order valence-electron chi connectivity index (χ1n) is 5.52. The molecule has 0 fully saturated rings. The summed E-state index contributed by atoms with van der Waals surface area (Å²) >= 11 is 4.76. The van der Waals surface area contributed by atoms with Crippen LogP contribution in [-0.4, -0.2) is 13.0 Å². The molecule has 0 saturated carbocycles. The van der Waals surface area contributed by atoms with E-state index in [1.165, 1.54) is 11.3 Å². The number of carbonyl (C=O) groups excluding carboxylic acids is 1. The summed E-state index contributed by atoms with van der Waals surface area (Å²) in [5, 5.41) is 2.83. The number of nitrogens with two attached hydrogens (primary N) is 1. The Morgan fingerprint density at radius 2 is 2.16 bits per heavy atom. The number of hydrogen-bond donors (Lipinski definition) is 2. The number of anilines is 2. The number of nitrogen functional groups attached to an aromatic ring is 1. The topological polar surface area (TPSA) is 64.3 Å². The summed E-state index contributed by atoms with van der Waals surface area (Å²) in [7, 11) is 1.58. The third-order valence-electron chi connectivity index (χ3n) is 2.60. The Kier molecular flexibility index (Phi) is 4.11. The van der Waals surface area contributed by atoms with E-state index >= 15 is 0 Å². The summed E-state index contributed by atoms with van der Waals surface area (Å²) in [5.41, 5.74) is 7.05. The van der Waals surface area contributed by atoms with E-state index in [0.29, 0.717) is 22.0 Å². The van der Waals surface area contributed by atoms with Gasteiger partial charge in [-0.05, 0) is 41.1 Å². The van der Waals surface area contributed by atoms with Gasteiger partial charge >= 0.3 is 0 Å². The lowest BCUT2D eigenvalue weighted by atomic mass is 10.3. The van der Waals surface area contributed by atoms with E-state index in [1.54, 1.807) is 19.2 Å². The molecule has 1 heterocycles. The maximum Gasteiger partial charge on any atom is 0.265 e. The molecule has 6 heteroatoms. The van der Waals surface area contributed by atoms with Crippen molar-refractivity contribution in [3.05, 3.63) is 38.5 Å². The number of ether oxygens (including phenoxy) is 1. The van der Waals surface area contributed by atoms with Gasteiger partial charge in [0.1, 0.15) is 5.75 Å². The van der Waals surface area contributed by atoms with Crippen LogP contribution in [0.15, 0.2) is 28.7 Å². The van der Waals surface area contributed by atoms with Crippen molar-refractivity contribution in [2.75, 3.05) is 18.2 Å². The lowest BCUT2D eigenvalue weighted by molar-refractivity contribution is 0.103. The van der Waals surface area contributed by atoms with E-state index in [9.17, 15) is 4.79 Å².